The summed E-state index contributed by atoms with van der Waals surface area (Å²) in [6.07, 6.45) is -3.09. The number of ether oxygens (including phenoxy) is 1. The molecule has 1 aliphatic rings. The number of rotatable bonds is 2. The summed E-state index contributed by atoms with van der Waals surface area (Å²) in [6.45, 7) is 0.728. The summed E-state index contributed by atoms with van der Waals surface area (Å²) in [5.41, 5.74) is -1.16. The van der Waals surface area contributed by atoms with E-state index in [1.165, 1.54) is 6.92 Å². The van der Waals surface area contributed by atoms with Gasteiger partial charge in [0.1, 0.15) is 23.9 Å². The summed E-state index contributed by atoms with van der Waals surface area (Å²) in [7, 11) is 0. The number of aliphatic hydroxyl groups excluding tert-OH is 4. The first-order valence-electron chi connectivity index (χ1n) is 3.81. The first-order chi connectivity index (χ1) is 5.55. The summed E-state index contributed by atoms with van der Waals surface area (Å²) in [6, 6.07) is 0. The smallest absolute Gasteiger partial charge is 0.117 e. The Bertz CT molecular complexity index is 162. The van der Waals surface area contributed by atoms with Gasteiger partial charge in [0.05, 0.1) is 13.2 Å². The van der Waals surface area contributed by atoms with Crippen LogP contribution < -0.4 is 0 Å². The second-order valence-electron chi connectivity index (χ2n) is 3.25. The molecular formula is C7H14O5. The van der Waals surface area contributed by atoms with E-state index in [1.807, 2.05) is 0 Å². The van der Waals surface area contributed by atoms with E-state index < -0.39 is 23.9 Å². The Labute approximate surface area is 70.2 Å². The van der Waals surface area contributed by atoms with Crippen LogP contribution in [0.2, 0.25) is 0 Å². The molecule has 72 valence electrons. The average Bonchev–Trinajstić information content (AvgIpc) is 2.31. The lowest BCUT2D eigenvalue weighted by Crippen LogP contribution is -2.43. The van der Waals surface area contributed by atoms with Crippen LogP contribution in [0.25, 0.3) is 0 Å². The van der Waals surface area contributed by atoms with Crippen LogP contribution in [0.5, 0.6) is 0 Å². The summed E-state index contributed by atoms with van der Waals surface area (Å²) in [4.78, 5) is 0. The fourth-order valence-electron chi connectivity index (χ4n) is 1.33. The third-order valence-electron chi connectivity index (χ3n) is 2.24. The van der Waals surface area contributed by atoms with E-state index in [-0.39, 0.29) is 13.2 Å². The third-order valence-corrected chi connectivity index (χ3v) is 2.24. The molecule has 0 aromatic heterocycles. The normalized spacial score (nSPS) is 48.2. The van der Waals surface area contributed by atoms with Gasteiger partial charge in [-0.1, -0.05) is 0 Å². The quantitative estimate of drug-likeness (QED) is 0.387. The van der Waals surface area contributed by atoms with E-state index in [0.717, 1.165) is 0 Å². The third kappa shape index (κ3) is 1.34. The fraction of sp³-hybridized carbons (Fsp3) is 1.00. The minimum Gasteiger partial charge on any atom is -0.394 e. The minimum atomic E-state index is -1.16. The molecule has 1 rings (SSSR count). The zero-order valence-electron chi connectivity index (χ0n) is 6.84. The molecule has 0 aromatic carbocycles. The molecule has 1 saturated heterocycles. The molecule has 0 spiro atoms. The highest BCUT2D eigenvalue weighted by atomic mass is 16.6. The minimum absolute atomic E-state index is 0.367. The molecule has 0 aromatic rings. The Morgan fingerprint density at radius 1 is 1.33 bits per heavy atom. The summed E-state index contributed by atoms with van der Waals surface area (Å²) in [5, 5.41) is 36.2. The Morgan fingerprint density at radius 3 is 2.17 bits per heavy atom. The zero-order chi connectivity index (χ0) is 9.35. The van der Waals surface area contributed by atoms with Gasteiger partial charge in [0, 0.05) is 0 Å². The van der Waals surface area contributed by atoms with Gasteiger partial charge in [-0.05, 0) is 6.92 Å². The van der Waals surface area contributed by atoms with Crippen molar-refractivity contribution in [1.29, 1.82) is 0 Å². The van der Waals surface area contributed by atoms with E-state index in [2.05, 4.69) is 0 Å². The SMILES string of the molecule is CC1(CO)O[C@H](CO)C(O)C1O. The van der Waals surface area contributed by atoms with Gasteiger partial charge in [0.2, 0.25) is 0 Å². The van der Waals surface area contributed by atoms with Crippen LogP contribution in [0, 0.1) is 0 Å². The largest absolute Gasteiger partial charge is 0.394 e. The Balaban J connectivity index is 2.72. The molecule has 0 saturated carbocycles. The predicted molar refractivity (Wildman–Crippen MR) is 39.5 cm³/mol. The lowest BCUT2D eigenvalue weighted by molar-refractivity contribution is -0.106. The van der Waals surface area contributed by atoms with Crippen molar-refractivity contribution in [2.75, 3.05) is 13.2 Å². The molecule has 0 bridgehead atoms. The van der Waals surface area contributed by atoms with Crippen molar-refractivity contribution < 1.29 is 25.2 Å². The lowest BCUT2D eigenvalue weighted by Gasteiger charge is -2.24. The van der Waals surface area contributed by atoms with Crippen LogP contribution in [-0.2, 0) is 4.74 Å². The van der Waals surface area contributed by atoms with Gasteiger partial charge in [-0.15, -0.1) is 0 Å². The first-order valence-corrected chi connectivity index (χ1v) is 3.81. The van der Waals surface area contributed by atoms with Gasteiger partial charge in [-0.2, -0.15) is 0 Å². The number of aliphatic hydroxyl groups is 4. The second kappa shape index (κ2) is 3.27. The van der Waals surface area contributed by atoms with Gasteiger partial charge >= 0.3 is 0 Å². The van der Waals surface area contributed by atoms with E-state index in [0.29, 0.717) is 0 Å². The van der Waals surface area contributed by atoms with E-state index >= 15 is 0 Å². The first kappa shape index (κ1) is 9.88. The van der Waals surface area contributed by atoms with Gasteiger partial charge in [-0.25, -0.2) is 0 Å². The summed E-state index contributed by atoms with van der Waals surface area (Å²) in [5.74, 6) is 0. The molecular weight excluding hydrogens is 164 g/mol. The van der Waals surface area contributed by atoms with Crippen molar-refractivity contribution in [3.8, 4) is 0 Å². The fourth-order valence-corrected chi connectivity index (χ4v) is 1.33. The molecule has 1 fully saturated rings. The van der Waals surface area contributed by atoms with Crippen molar-refractivity contribution in [3.63, 3.8) is 0 Å². The van der Waals surface area contributed by atoms with Crippen molar-refractivity contribution in [3.05, 3.63) is 0 Å². The summed E-state index contributed by atoms with van der Waals surface area (Å²) < 4.78 is 5.07. The number of hydrogen-bond acceptors (Lipinski definition) is 5. The van der Waals surface area contributed by atoms with Crippen molar-refractivity contribution in [2.24, 2.45) is 0 Å². The molecule has 1 aliphatic heterocycles. The van der Waals surface area contributed by atoms with Crippen LogP contribution in [0.15, 0.2) is 0 Å². The molecule has 4 N–H and O–H groups in total. The van der Waals surface area contributed by atoms with E-state index in [4.69, 9.17) is 14.9 Å². The molecule has 5 heteroatoms. The van der Waals surface area contributed by atoms with Gasteiger partial charge in [0.25, 0.3) is 0 Å². The van der Waals surface area contributed by atoms with Crippen LogP contribution in [0.1, 0.15) is 6.92 Å². The van der Waals surface area contributed by atoms with Gasteiger partial charge in [-0.3, -0.25) is 0 Å². The maximum atomic E-state index is 9.37. The molecule has 4 atom stereocenters. The van der Waals surface area contributed by atoms with Crippen molar-refractivity contribution in [2.45, 2.75) is 30.8 Å². The molecule has 3 unspecified atom stereocenters. The maximum absolute atomic E-state index is 9.37. The molecule has 0 radical (unpaired) electrons. The molecule has 5 nitrogen and oxygen atoms in total. The monoisotopic (exact) mass is 178 g/mol. The van der Waals surface area contributed by atoms with Crippen LogP contribution in [0.3, 0.4) is 0 Å². The summed E-state index contributed by atoms with van der Waals surface area (Å²) >= 11 is 0. The zero-order valence-corrected chi connectivity index (χ0v) is 6.84. The molecule has 0 amide bonds. The van der Waals surface area contributed by atoms with Crippen LogP contribution in [0.4, 0.5) is 0 Å². The maximum Gasteiger partial charge on any atom is 0.117 e. The van der Waals surface area contributed by atoms with Crippen molar-refractivity contribution >= 4 is 0 Å². The Morgan fingerprint density at radius 2 is 1.92 bits per heavy atom. The average molecular weight is 178 g/mol. The Hall–Kier alpha value is -0.200. The molecule has 12 heavy (non-hydrogen) atoms. The van der Waals surface area contributed by atoms with Crippen LogP contribution >= 0.6 is 0 Å². The lowest BCUT2D eigenvalue weighted by atomic mass is 9.98. The van der Waals surface area contributed by atoms with Gasteiger partial charge < -0.3 is 25.2 Å². The predicted octanol–water partition coefficient (Wildman–Crippen LogP) is -2.15. The highest BCUT2D eigenvalue weighted by Gasteiger charge is 2.50. The van der Waals surface area contributed by atoms with E-state index in [9.17, 15) is 10.2 Å². The number of hydrogen-bond donors (Lipinski definition) is 4. The van der Waals surface area contributed by atoms with Crippen LogP contribution in [-0.4, -0.2) is 57.6 Å². The molecule has 1 heterocycles. The topological polar surface area (TPSA) is 90.2 Å². The second-order valence-corrected chi connectivity index (χ2v) is 3.25. The Kier molecular flexibility index (Phi) is 2.70. The van der Waals surface area contributed by atoms with Gasteiger partial charge in [0.15, 0.2) is 0 Å². The van der Waals surface area contributed by atoms with E-state index in [1.54, 1.807) is 0 Å². The standard InChI is InChI=1S/C7H14O5/c1-7(3-9)6(11)5(10)4(2-8)12-7/h4-6,8-11H,2-3H2,1H3/t4-,5?,6?,7?/m1/s1. The van der Waals surface area contributed by atoms with Crippen molar-refractivity contribution in [1.82, 2.24) is 0 Å². The molecule has 0 aliphatic carbocycles. The highest BCUT2D eigenvalue weighted by molar-refractivity contribution is 4.98. The highest BCUT2D eigenvalue weighted by Crippen LogP contribution is 2.30.